The van der Waals surface area contributed by atoms with E-state index < -0.39 is 12.1 Å². The van der Waals surface area contributed by atoms with Gasteiger partial charge < -0.3 is 15.3 Å². The van der Waals surface area contributed by atoms with Gasteiger partial charge in [-0.05, 0) is 43.5 Å². The molecule has 2 amide bonds. The number of halogens is 4. The van der Waals surface area contributed by atoms with Gasteiger partial charge in [0.15, 0.2) is 5.15 Å². The van der Waals surface area contributed by atoms with Crippen molar-refractivity contribution in [2.24, 2.45) is 0 Å². The summed E-state index contributed by atoms with van der Waals surface area (Å²) in [5.41, 5.74) is 3.77. The Morgan fingerprint density at radius 1 is 1.28 bits per heavy atom. The van der Waals surface area contributed by atoms with Gasteiger partial charge in [-0.3, -0.25) is 9.59 Å². The Balaban J connectivity index is 0.000000451. The highest BCUT2D eigenvalue weighted by atomic mass is 35.5. The molecule has 12 heteroatoms. The number of benzene rings is 1. The maximum absolute atomic E-state index is 12.5. The zero-order valence-corrected chi connectivity index (χ0v) is 18.4. The van der Waals surface area contributed by atoms with Gasteiger partial charge in [0, 0.05) is 18.4 Å². The molecule has 7 nitrogen and oxygen atoms in total. The Morgan fingerprint density at radius 2 is 1.97 bits per heavy atom. The number of fused-ring (bicyclic) bond motifs is 1. The van der Waals surface area contributed by atoms with Crippen molar-refractivity contribution >= 4 is 51.9 Å². The number of carbonyl (C=O) groups is 3. The monoisotopic (exact) mass is 489 g/mol. The van der Waals surface area contributed by atoms with Gasteiger partial charge in [0.25, 0.3) is 5.24 Å². The van der Waals surface area contributed by atoms with Crippen LogP contribution in [0, 0.1) is 6.92 Å². The van der Waals surface area contributed by atoms with Crippen molar-refractivity contribution in [1.29, 1.82) is 0 Å². The normalized spacial score (nSPS) is 12.8. The lowest BCUT2D eigenvalue weighted by Gasteiger charge is -2.29. The number of hydrogen-bond acceptors (Lipinski definition) is 5. The fraction of sp³-hybridized carbons (Fsp3) is 0.300. The number of carboxylic acid groups (broad SMARTS) is 1. The van der Waals surface area contributed by atoms with E-state index in [4.69, 9.17) is 21.5 Å². The highest BCUT2D eigenvalue weighted by Crippen LogP contribution is 2.30. The minimum Gasteiger partial charge on any atom is -0.475 e. The lowest BCUT2D eigenvalue weighted by molar-refractivity contribution is -0.192. The predicted octanol–water partition coefficient (Wildman–Crippen LogP) is 4.92. The molecule has 0 unspecified atom stereocenters. The second-order valence-corrected chi connectivity index (χ2v) is 7.92. The molecule has 172 valence electrons. The van der Waals surface area contributed by atoms with Gasteiger partial charge >= 0.3 is 12.1 Å². The van der Waals surface area contributed by atoms with Gasteiger partial charge in [-0.2, -0.15) is 13.2 Å². The molecule has 0 saturated carbocycles. The number of amides is 2. The molecule has 0 spiro atoms. The summed E-state index contributed by atoms with van der Waals surface area (Å²) in [7, 11) is 0. The molecule has 2 heterocycles. The molecule has 2 N–H and O–H groups in total. The SMILES string of the molecule is Cc1ccc2c(c1)CCCN2C(=O)SCC(=O)Nc1cccnc1Cl.O=C(O)C(F)(F)F. The zero-order valence-electron chi connectivity index (χ0n) is 16.8. The van der Waals surface area contributed by atoms with Crippen LogP contribution in [0.25, 0.3) is 0 Å². The molecule has 2 aromatic rings. The molecule has 0 radical (unpaired) electrons. The zero-order chi connectivity index (χ0) is 23.9. The van der Waals surface area contributed by atoms with Crippen LogP contribution in [0.2, 0.25) is 5.15 Å². The van der Waals surface area contributed by atoms with E-state index in [1.165, 1.54) is 11.1 Å². The lowest BCUT2D eigenvalue weighted by Crippen LogP contribution is -2.33. The number of aliphatic carboxylic acids is 1. The van der Waals surface area contributed by atoms with E-state index in [0.717, 1.165) is 30.3 Å². The Labute approximate surface area is 191 Å². The van der Waals surface area contributed by atoms with Gasteiger partial charge in [0.1, 0.15) is 0 Å². The van der Waals surface area contributed by atoms with Crippen molar-refractivity contribution in [2.75, 3.05) is 22.5 Å². The van der Waals surface area contributed by atoms with E-state index in [9.17, 15) is 22.8 Å². The van der Waals surface area contributed by atoms with Crippen molar-refractivity contribution in [1.82, 2.24) is 4.98 Å². The molecule has 0 bridgehead atoms. The largest absolute Gasteiger partial charge is 0.490 e. The van der Waals surface area contributed by atoms with Crippen molar-refractivity contribution in [3.05, 3.63) is 52.8 Å². The molecule has 0 fully saturated rings. The van der Waals surface area contributed by atoms with Crippen LogP contribution >= 0.6 is 23.4 Å². The number of carbonyl (C=O) groups excluding carboxylic acids is 2. The summed E-state index contributed by atoms with van der Waals surface area (Å²) in [5, 5.41) is 9.91. The van der Waals surface area contributed by atoms with E-state index in [0.29, 0.717) is 12.2 Å². The summed E-state index contributed by atoms with van der Waals surface area (Å²) < 4.78 is 31.7. The summed E-state index contributed by atoms with van der Waals surface area (Å²) in [5.74, 6) is -3.01. The van der Waals surface area contributed by atoms with E-state index >= 15 is 0 Å². The molecular weight excluding hydrogens is 471 g/mol. The lowest BCUT2D eigenvalue weighted by atomic mass is 10.0. The maximum Gasteiger partial charge on any atom is 0.490 e. The molecule has 0 aliphatic carbocycles. The Morgan fingerprint density at radius 3 is 2.59 bits per heavy atom. The first-order valence-electron chi connectivity index (χ1n) is 9.23. The fourth-order valence-corrected chi connectivity index (χ4v) is 3.63. The molecule has 1 aliphatic rings. The molecule has 0 atom stereocenters. The van der Waals surface area contributed by atoms with Crippen LogP contribution in [0.4, 0.5) is 29.3 Å². The number of pyridine rings is 1. The number of rotatable bonds is 3. The smallest absolute Gasteiger partial charge is 0.475 e. The van der Waals surface area contributed by atoms with Crippen LogP contribution in [0.15, 0.2) is 36.5 Å². The van der Waals surface area contributed by atoms with Gasteiger partial charge in [-0.25, -0.2) is 9.78 Å². The first kappa shape index (κ1) is 25.5. The number of thioether (sulfide) groups is 1. The van der Waals surface area contributed by atoms with Crippen molar-refractivity contribution in [3.8, 4) is 0 Å². The van der Waals surface area contributed by atoms with Crippen LogP contribution in [-0.4, -0.2) is 45.7 Å². The number of alkyl halides is 3. The highest BCUT2D eigenvalue weighted by molar-refractivity contribution is 8.14. The van der Waals surface area contributed by atoms with Crippen molar-refractivity contribution in [3.63, 3.8) is 0 Å². The summed E-state index contributed by atoms with van der Waals surface area (Å²) in [6.45, 7) is 2.72. The van der Waals surface area contributed by atoms with Gasteiger partial charge in [-0.1, -0.05) is 41.1 Å². The van der Waals surface area contributed by atoms with Gasteiger partial charge in [0.05, 0.1) is 11.4 Å². The van der Waals surface area contributed by atoms with Crippen LogP contribution in [0.3, 0.4) is 0 Å². The molecule has 0 saturated heterocycles. The second-order valence-electron chi connectivity index (χ2n) is 6.63. The van der Waals surface area contributed by atoms with E-state index in [1.807, 2.05) is 19.1 Å². The molecule has 1 aromatic carbocycles. The van der Waals surface area contributed by atoms with Crippen LogP contribution in [-0.2, 0) is 16.0 Å². The number of carboxylic acids is 1. The summed E-state index contributed by atoms with van der Waals surface area (Å²) >= 11 is 6.91. The first-order chi connectivity index (χ1) is 15.0. The minimum absolute atomic E-state index is 0.0295. The van der Waals surface area contributed by atoms with E-state index in [2.05, 4.69) is 16.4 Å². The Hall–Kier alpha value is -2.79. The number of nitrogens with one attached hydrogen (secondary N) is 1. The molecule has 1 aromatic heterocycles. The third-order valence-corrected chi connectivity index (χ3v) is 5.35. The topological polar surface area (TPSA) is 99.6 Å². The quantitative estimate of drug-likeness (QED) is 0.593. The third kappa shape index (κ3) is 7.41. The first-order valence-corrected chi connectivity index (χ1v) is 10.6. The van der Waals surface area contributed by atoms with Crippen LogP contribution in [0.1, 0.15) is 17.5 Å². The number of aromatic nitrogens is 1. The maximum atomic E-state index is 12.5. The number of aryl methyl sites for hydroxylation is 2. The van der Waals surface area contributed by atoms with E-state index in [1.54, 1.807) is 23.2 Å². The standard InChI is InChI=1S/C18H18ClN3O2S.C2HF3O2/c1-12-6-7-15-13(10-12)4-3-9-22(15)18(24)25-11-16(23)21-14-5-2-8-20-17(14)19;3-2(4,5)1(6)7/h2,5-8,10H,3-4,9,11H2,1H3,(H,21,23);(H,6,7). The third-order valence-electron chi connectivity index (χ3n) is 4.18. The average molecular weight is 490 g/mol. The van der Waals surface area contributed by atoms with Gasteiger partial charge in [0.2, 0.25) is 5.91 Å². The Kier molecular flexibility index (Phi) is 8.90. The molecular formula is C20H19ClF3N3O4S. The van der Waals surface area contributed by atoms with Crippen LogP contribution in [0.5, 0.6) is 0 Å². The molecule has 1 aliphatic heterocycles. The second kappa shape index (κ2) is 11.2. The Bertz CT molecular complexity index is 1000. The number of nitrogens with zero attached hydrogens (tertiary/aromatic N) is 2. The predicted molar refractivity (Wildman–Crippen MR) is 116 cm³/mol. The molecule has 3 rings (SSSR count). The van der Waals surface area contributed by atoms with Crippen LogP contribution < -0.4 is 10.2 Å². The number of hydrogen-bond donors (Lipinski definition) is 2. The average Bonchev–Trinajstić information content (AvgIpc) is 2.72. The minimum atomic E-state index is -5.08. The van der Waals surface area contributed by atoms with E-state index in [-0.39, 0.29) is 22.1 Å². The van der Waals surface area contributed by atoms with Crippen molar-refractivity contribution in [2.45, 2.75) is 25.9 Å². The summed E-state index contributed by atoms with van der Waals surface area (Å²) in [4.78, 5) is 39.1. The highest BCUT2D eigenvalue weighted by Gasteiger charge is 2.38. The summed E-state index contributed by atoms with van der Waals surface area (Å²) in [6.07, 6.45) is -1.63. The molecule has 32 heavy (non-hydrogen) atoms. The number of anilines is 2. The fourth-order valence-electron chi connectivity index (χ4n) is 2.79. The van der Waals surface area contributed by atoms with Gasteiger partial charge in [-0.15, -0.1) is 0 Å². The summed E-state index contributed by atoms with van der Waals surface area (Å²) in [6, 6.07) is 9.47. The van der Waals surface area contributed by atoms with Crippen molar-refractivity contribution < 1.29 is 32.7 Å².